The van der Waals surface area contributed by atoms with E-state index in [4.69, 9.17) is 28.4 Å². The summed E-state index contributed by atoms with van der Waals surface area (Å²) < 4.78 is 0. The number of nitrogens with two attached hydrogens (primary N) is 1. The van der Waals surface area contributed by atoms with Gasteiger partial charge in [0.2, 0.25) is 0 Å². The fraction of sp³-hybridized carbons (Fsp3) is 0.562. The molecule has 1 amide bonds. The van der Waals surface area contributed by atoms with Crippen molar-refractivity contribution in [1.82, 2.24) is 5.32 Å². The van der Waals surface area contributed by atoms with Crippen molar-refractivity contribution < 1.29 is 9.59 Å². The first-order valence-corrected chi connectivity index (χ1v) is 15.7. The Morgan fingerprint density at radius 3 is 1.56 bits per heavy atom. The maximum absolute atomic E-state index is 11.8. The summed E-state index contributed by atoms with van der Waals surface area (Å²) in [7, 11) is 0. The zero-order valence-corrected chi connectivity index (χ0v) is 26.6. The molecule has 10 nitrogen and oxygen atoms in total. The molecule has 0 aliphatic rings. The monoisotopic (exact) mass is 612 g/mol. The minimum atomic E-state index is -0.380. The van der Waals surface area contributed by atoms with E-state index in [-0.39, 0.29) is 17.7 Å². The highest BCUT2D eigenvalue weighted by Crippen LogP contribution is 2.12. The van der Waals surface area contributed by atoms with Crippen molar-refractivity contribution >= 4 is 22.8 Å². The number of unbranched alkanes of at least 4 members (excludes halogenated alkanes) is 8. The molecule has 2 aromatic carbocycles. The number of carbonyl (C=O) groups is 2. The lowest BCUT2D eigenvalue weighted by molar-refractivity contribution is 0.0954. The SMILES string of the molecule is CCCCCCCc1ccc(C(=O)Cl)cc1.CCCCCCCc1ccc(C(=O)NCCN=[N+]=[N-])cc1.[N-]=[N+]=NCCN. The Balaban J connectivity index is 0.000000707. The first-order chi connectivity index (χ1) is 20.9. The number of halogens is 1. The molecule has 2 aromatic rings. The number of azide groups is 2. The van der Waals surface area contributed by atoms with Gasteiger partial charge in [0.15, 0.2) is 0 Å². The van der Waals surface area contributed by atoms with Crippen LogP contribution in [0.25, 0.3) is 20.9 Å². The van der Waals surface area contributed by atoms with Gasteiger partial charge in [-0.1, -0.05) is 99.7 Å². The Bertz CT molecular complexity index is 1100. The molecule has 0 bridgehead atoms. The van der Waals surface area contributed by atoms with Gasteiger partial charge in [-0.3, -0.25) is 9.59 Å². The summed E-state index contributed by atoms with van der Waals surface area (Å²) >= 11 is 5.38. The van der Waals surface area contributed by atoms with E-state index in [2.05, 4.69) is 39.2 Å². The van der Waals surface area contributed by atoms with E-state index in [1.165, 1.54) is 75.3 Å². The van der Waals surface area contributed by atoms with E-state index in [1.54, 1.807) is 12.1 Å². The lowest BCUT2D eigenvalue weighted by Crippen LogP contribution is -2.25. The number of rotatable bonds is 19. The molecule has 43 heavy (non-hydrogen) atoms. The molecule has 0 aromatic heterocycles. The summed E-state index contributed by atoms with van der Waals surface area (Å²) in [5.41, 5.74) is 24.5. The van der Waals surface area contributed by atoms with E-state index >= 15 is 0 Å². The average molecular weight is 613 g/mol. The maximum Gasteiger partial charge on any atom is 0.252 e. The van der Waals surface area contributed by atoms with Gasteiger partial charge in [0.1, 0.15) is 0 Å². The summed E-state index contributed by atoms with van der Waals surface area (Å²) in [5.74, 6) is -0.127. The van der Waals surface area contributed by atoms with Crippen LogP contribution < -0.4 is 11.1 Å². The Morgan fingerprint density at radius 2 is 1.16 bits per heavy atom. The van der Waals surface area contributed by atoms with Crippen molar-refractivity contribution in [2.75, 3.05) is 26.2 Å². The predicted molar refractivity (Wildman–Crippen MR) is 177 cm³/mol. The highest BCUT2D eigenvalue weighted by atomic mass is 35.5. The first-order valence-electron chi connectivity index (χ1n) is 15.3. The van der Waals surface area contributed by atoms with Crippen molar-refractivity contribution in [3.05, 3.63) is 91.7 Å². The van der Waals surface area contributed by atoms with Gasteiger partial charge in [-0.15, -0.1) is 0 Å². The van der Waals surface area contributed by atoms with Gasteiger partial charge in [0, 0.05) is 40.6 Å². The molecular weight excluding hydrogens is 564 g/mol. The van der Waals surface area contributed by atoms with Gasteiger partial charge in [-0.2, -0.15) is 0 Å². The minimum Gasteiger partial charge on any atom is -0.352 e. The Labute approximate surface area is 262 Å². The molecule has 2 rings (SSSR count). The fourth-order valence-electron chi connectivity index (χ4n) is 3.96. The largest absolute Gasteiger partial charge is 0.352 e. The smallest absolute Gasteiger partial charge is 0.252 e. The number of carbonyl (C=O) groups excluding carboxylic acids is 2. The Hall–Kier alpha value is -3.55. The number of nitrogens with zero attached hydrogens (tertiary/aromatic N) is 6. The molecule has 11 heteroatoms. The van der Waals surface area contributed by atoms with Crippen molar-refractivity contribution in [3.63, 3.8) is 0 Å². The molecule has 0 aliphatic heterocycles. The van der Waals surface area contributed by atoms with Crippen LogP contribution in [0.3, 0.4) is 0 Å². The van der Waals surface area contributed by atoms with Crippen LogP contribution in [-0.2, 0) is 12.8 Å². The van der Waals surface area contributed by atoms with Crippen LogP contribution in [0.1, 0.15) is 110 Å². The summed E-state index contributed by atoms with van der Waals surface area (Å²) in [6, 6.07) is 15.3. The molecule has 0 heterocycles. The van der Waals surface area contributed by atoms with Crippen molar-refractivity contribution in [2.45, 2.75) is 90.9 Å². The third-order valence-electron chi connectivity index (χ3n) is 6.39. The van der Waals surface area contributed by atoms with Crippen molar-refractivity contribution in [3.8, 4) is 0 Å². The second kappa shape index (κ2) is 28.6. The van der Waals surface area contributed by atoms with Crippen LogP contribution in [0.5, 0.6) is 0 Å². The Morgan fingerprint density at radius 1 is 0.721 bits per heavy atom. The van der Waals surface area contributed by atoms with Gasteiger partial charge >= 0.3 is 0 Å². The zero-order valence-electron chi connectivity index (χ0n) is 25.9. The molecule has 0 saturated carbocycles. The summed E-state index contributed by atoms with van der Waals surface area (Å²) in [5, 5.41) is 8.85. The molecule has 236 valence electrons. The van der Waals surface area contributed by atoms with Gasteiger partial charge in [-0.25, -0.2) is 0 Å². The quantitative estimate of drug-likeness (QED) is 0.0530. The third kappa shape index (κ3) is 22.7. The lowest BCUT2D eigenvalue weighted by Gasteiger charge is -2.05. The van der Waals surface area contributed by atoms with Crippen LogP contribution in [0.15, 0.2) is 58.8 Å². The Kier molecular flexibility index (Phi) is 26.2. The van der Waals surface area contributed by atoms with Crippen LogP contribution >= 0.6 is 11.6 Å². The van der Waals surface area contributed by atoms with E-state index in [0.29, 0.717) is 30.8 Å². The summed E-state index contributed by atoms with van der Waals surface area (Å²) in [4.78, 5) is 27.8. The van der Waals surface area contributed by atoms with Gasteiger partial charge in [0.05, 0.1) is 0 Å². The zero-order chi connectivity index (χ0) is 32.0. The number of nitrogens with one attached hydrogen (secondary N) is 1. The number of hydrogen-bond donors (Lipinski definition) is 2. The topological polar surface area (TPSA) is 170 Å². The van der Waals surface area contributed by atoms with Crippen LogP contribution in [0.4, 0.5) is 0 Å². The van der Waals surface area contributed by atoms with E-state index in [0.717, 1.165) is 12.8 Å². The number of hydrogen-bond acceptors (Lipinski definition) is 5. The normalized spacial score (nSPS) is 9.67. The standard InChI is InChI=1S/C16H24N4O.C14H19ClO.C2H6N4/c1-2-3-4-5-6-7-14-8-10-15(11-9-14)16(21)18-12-13-19-20-17;1-2-3-4-5-6-7-12-8-10-13(11-9-12)14(15)16;3-1-2-5-6-4/h8-11H,2-7,12-13H2,1H3,(H,18,21);8-11H,2-7H2,1H3;1-3H2. The van der Waals surface area contributed by atoms with E-state index in [1.807, 2.05) is 36.4 Å². The summed E-state index contributed by atoms with van der Waals surface area (Å²) in [6.07, 6.45) is 15.0. The maximum atomic E-state index is 11.8. The highest BCUT2D eigenvalue weighted by molar-refractivity contribution is 6.67. The number of benzene rings is 2. The van der Waals surface area contributed by atoms with Crippen LogP contribution in [0.2, 0.25) is 0 Å². The van der Waals surface area contributed by atoms with E-state index < -0.39 is 0 Å². The minimum absolute atomic E-state index is 0.127. The molecule has 0 spiro atoms. The molecule has 0 unspecified atom stereocenters. The van der Waals surface area contributed by atoms with E-state index in [9.17, 15) is 9.59 Å². The second-order valence-electron chi connectivity index (χ2n) is 9.95. The van der Waals surface area contributed by atoms with Gasteiger partial charge in [0.25, 0.3) is 11.1 Å². The number of amides is 1. The lowest BCUT2D eigenvalue weighted by atomic mass is 10.0. The van der Waals surface area contributed by atoms with Gasteiger partial charge in [-0.05, 0) is 90.3 Å². The first kappa shape index (κ1) is 39.5. The molecule has 0 aliphatic carbocycles. The van der Waals surface area contributed by atoms with Crippen LogP contribution in [0, 0.1) is 0 Å². The highest BCUT2D eigenvalue weighted by Gasteiger charge is 2.04. The predicted octanol–water partition coefficient (Wildman–Crippen LogP) is 9.07. The van der Waals surface area contributed by atoms with Crippen molar-refractivity contribution in [2.24, 2.45) is 16.0 Å². The second-order valence-corrected chi connectivity index (χ2v) is 10.3. The molecular formula is C32H49ClN8O2. The molecule has 3 N–H and O–H groups in total. The van der Waals surface area contributed by atoms with Crippen molar-refractivity contribution in [1.29, 1.82) is 0 Å². The average Bonchev–Trinajstić information content (AvgIpc) is 3.03. The molecule has 0 fully saturated rings. The molecule has 0 atom stereocenters. The summed E-state index contributed by atoms with van der Waals surface area (Å²) in [6.45, 7) is 5.92. The fourth-order valence-corrected chi connectivity index (χ4v) is 4.09. The molecule has 0 radical (unpaired) electrons. The number of aryl methyl sites for hydroxylation is 2. The van der Waals surface area contributed by atoms with Gasteiger partial charge < -0.3 is 11.1 Å². The van der Waals surface area contributed by atoms with Crippen LogP contribution in [-0.4, -0.2) is 37.3 Å². The third-order valence-corrected chi connectivity index (χ3v) is 6.61. The molecule has 0 saturated heterocycles.